The van der Waals surface area contributed by atoms with Crippen LogP contribution in [0.5, 0.6) is 0 Å². The van der Waals surface area contributed by atoms with Gasteiger partial charge in [-0.3, -0.25) is 0 Å². The van der Waals surface area contributed by atoms with Gasteiger partial charge >= 0.3 is 0 Å². The number of benzene rings is 1. The first kappa shape index (κ1) is 16.2. The zero-order valence-corrected chi connectivity index (χ0v) is 14.1. The van der Waals surface area contributed by atoms with Gasteiger partial charge in [0.1, 0.15) is 23.0 Å². The Balaban J connectivity index is 1.67. The molecule has 0 spiro atoms. The highest BCUT2D eigenvalue weighted by molar-refractivity contribution is 7.98. The van der Waals surface area contributed by atoms with Crippen LogP contribution in [0.25, 0.3) is 0 Å². The maximum absolute atomic E-state index is 13.2. The first-order valence-electron chi connectivity index (χ1n) is 7.70. The van der Waals surface area contributed by atoms with Crippen molar-refractivity contribution in [3.63, 3.8) is 0 Å². The van der Waals surface area contributed by atoms with Crippen LogP contribution in [-0.2, 0) is 10.5 Å². The van der Waals surface area contributed by atoms with Gasteiger partial charge in [0.15, 0.2) is 0 Å². The van der Waals surface area contributed by atoms with Gasteiger partial charge in [-0.15, -0.1) is 11.8 Å². The van der Waals surface area contributed by atoms with Crippen LogP contribution in [0.1, 0.15) is 19.4 Å². The van der Waals surface area contributed by atoms with Crippen molar-refractivity contribution in [1.29, 1.82) is 0 Å². The molecule has 1 aromatic heterocycles. The SMILES string of the molecule is CC1CN(c2cc(SCc3cccc(F)c3)ncn2)CC(C)O1. The number of hydrogen-bond donors (Lipinski definition) is 0. The third-order valence-electron chi connectivity index (χ3n) is 3.65. The van der Waals surface area contributed by atoms with E-state index in [2.05, 4.69) is 28.7 Å². The van der Waals surface area contributed by atoms with Crippen LogP contribution in [0.2, 0.25) is 0 Å². The molecule has 1 aliphatic rings. The molecule has 0 saturated carbocycles. The first-order chi connectivity index (χ1) is 11.1. The molecule has 2 aromatic rings. The van der Waals surface area contributed by atoms with Gasteiger partial charge in [0.2, 0.25) is 0 Å². The van der Waals surface area contributed by atoms with Crippen molar-refractivity contribution in [2.75, 3.05) is 18.0 Å². The van der Waals surface area contributed by atoms with E-state index in [4.69, 9.17) is 4.74 Å². The number of aromatic nitrogens is 2. The van der Waals surface area contributed by atoms with Crippen molar-refractivity contribution < 1.29 is 9.13 Å². The number of ether oxygens (including phenoxy) is 1. The summed E-state index contributed by atoms with van der Waals surface area (Å²) >= 11 is 1.59. The van der Waals surface area contributed by atoms with E-state index in [1.807, 2.05) is 12.1 Å². The highest BCUT2D eigenvalue weighted by Crippen LogP contribution is 2.25. The third-order valence-corrected chi connectivity index (χ3v) is 4.64. The van der Waals surface area contributed by atoms with E-state index in [0.29, 0.717) is 5.75 Å². The maximum Gasteiger partial charge on any atom is 0.133 e. The molecule has 0 aliphatic carbocycles. The second-order valence-corrected chi connectivity index (χ2v) is 6.79. The standard InChI is InChI=1S/C17H20FN3OS/c1-12-8-21(9-13(2)22-12)16-7-17(20-11-19-16)23-10-14-4-3-5-15(18)6-14/h3-7,11-13H,8-10H2,1-2H3. The quantitative estimate of drug-likeness (QED) is 0.632. The van der Waals surface area contributed by atoms with Gasteiger partial charge in [-0.25, -0.2) is 14.4 Å². The van der Waals surface area contributed by atoms with Crippen LogP contribution in [0.15, 0.2) is 41.7 Å². The second-order valence-electron chi connectivity index (χ2n) is 5.80. The average molecular weight is 333 g/mol. The van der Waals surface area contributed by atoms with Crippen molar-refractivity contribution in [2.24, 2.45) is 0 Å². The second kappa shape index (κ2) is 7.27. The minimum absolute atomic E-state index is 0.192. The first-order valence-corrected chi connectivity index (χ1v) is 8.68. The molecule has 1 fully saturated rings. The molecule has 1 aliphatic heterocycles. The van der Waals surface area contributed by atoms with E-state index >= 15 is 0 Å². The van der Waals surface area contributed by atoms with Gasteiger partial charge < -0.3 is 9.64 Å². The van der Waals surface area contributed by atoms with Crippen molar-refractivity contribution >= 4 is 17.6 Å². The molecule has 4 nitrogen and oxygen atoms in total. The van der Waals surface area contributed by atoms with Crippen molar-refractivity contribution in [3.05, 3.63) is 48.0 Å². The molecule has 2 unspecified atom stereocenters. The lowest BCUT2D eigenvalue weighted by atomic mass is 10.2. The van der Waals surface area contributed by atoms with Crippen LogP contribution in [0, 0.1) is 5.82 Å². The zero-order valence-electron chi connectivity index (χ0n) is 13.3. The van der Waals surface area contributed by atoms with E-state index in [1.165, 1.54) is 6.07 Å². The summed E-state index contributed by atoms with van der Waals surface area (Å²) in [6.45, 7) is 5.80. The maximum atomic E-state index is 13.2. The van der Waals surface area contributed by atoms with Gasteiger partial charge in [-0.05, 0) is 31.5 Å². The van der Waals surface area contributed by atoms with Gasteiger partial charge in [-0.2, -0.15) is 0 Å². The molecule has 0 N–H and O–H groups in total. The molecular formula is C17H20FN3OS. The number of anilines is 1. The normalized spacial score (nSPS) is 21.4. The summed E-state index contributed by atoms with van der Waals surface area (Å²) in [5, 5.41) is 0.894. The number of nitrogens with zero attached hydrogens (tertiary/aromatic N) is 3. The fourth-order valence-electron chi connectivity index (χ4n) is 2.73. The molecule has 6 heteroatoms. The molecule has 1 saturated heterocycles. The fraction of sp³-hybridized carbons (Fsp3) is 0.412. The Morgan fingerprint density at radius 1 is 1.22 bits per heavy atom. The smallest absolute Gasteiger partial charge is 0.133 e. The van der Waals surface area contributed by atoms with Crippen LogP contribution in [-0.4, -0.2) is 35.3 Å². The van der Waals surface area contributed by atoms with Crippen LogP contribution < -0.4 is 4.90 Å². The van der Waals surface area contributed by atoms with Crippen molar-refractivity contribution in [3.8, 4) is 0 Å². The zero-order chi connectivity index (χ0) is 16.2. The molecule has 23 heavy (non-hydrogen) atoms. The molecule has 2 heterocycles. The predicted octanol–water partition coefficient (Wildman–Crippen LogP) is 3.52. The van der Waals surface area contributed by atoms with E-state index in [9.17, 15) is 4.39 Å². The minimum atomic E-state index is -0.206. The summed E-state index contributed by atoms with van der Waals surface area (Å²) in [4.78, 5) is 10.9. The molecule has 0 radical (unpaired) electrons. The molecule has 2 atom stereocenters. The number of rotatable bonds is 4. The molecule has 0 amide bonds. The van der Waals surface area contributed by atoms with E-state index in [0.717, 1.165) is 29.5 Å². The summed E-state index contributed by atoms with van der Waals surface area (Å²) in [7, 11) is 0. The summed E-state index contributed by atoms with van der Waals surface area (Å²) in [6.07, 6.45) is 1.97. The Bertz CT molecular complexity index is 660. The van der Waals surface area contributed by atoms with Gasteiger partial charge in [0.25, 0.3) is 0 Å². The summed E-state index contributed by atoms with van der Waals surface area (Å²) in [5.74, 6) is 1.40. The van der Waals surface area contributed by atoms with E-state index in [1.54, 1.807) is 30.2 Å². The number of morpholine rings is 1. The summed E-state index contributed by atoms with van der Waals surface area (Å²) < 4.78 is 19.0. The van der Waals surface area contributed by atoms with E-state index in [-0.39, 0.29) is 18.0 Å². The van der Waals surface area contributed by atoms with Crippen molar-refractivity contribution in [2.45, 2.75) is 36.8 Å². The monoisotopic (exact) mass is 333 g/mol. The number of hydrogen-bond acceptors (Lipinski definition) is 5. The Hall–Kier alpha value is -1.66. The van der Waals surface area contributed by atoms with Gasteiger partial charge in [0, 0.05) is 24.9 Å². The largest absolute Gasteiger partial charge is 0.372 e. The topological polar surface area (TPSA) is 38.2 Å². The highest BCUT2D eigenvalue weighted by atomic mass is 32.2. The Morgan fingerprint density at radius 3 is 2.74 bits per heavy atom. The Kier molecular flexibility index (Phi) is 5.13. The molecule has 0 bridgehead atoms. The van der Waals surface area contributed by atoms with Crippen molar-refractivity contribution in [1.82, 2.24) is 9.97 Å². The lowest BCUT2D eigenvalue weighted by Crippen LogP contribution is -2.45. The molecule has 3 rings (SSSR count). The number of thioether (sulfide) groups is 1. The minimum Gasteiger partial charge on any atom is -0.372 e. The van der Waals surface area contributed by atoms with Gasteiger partial charge in [-0.1, -0.05) is 12.1 Å². The van der Waals surface area contributed by atoms with Gasteiger partial charge in [0.05, 0.1) is 12.2 Å². The molecular weight excluding hydrogens is 313 g/mol. The molecule has 122 valence electrons. The lowest BCUT2D eigenvalue weighted by molar-refractivity contribution is -0.00548. The van der Waals surface area contributed by atoms with Crippen LogP contribution >= 0.6 is 11.8 Å². The molecule has 1 aromatic carbocycles. The van der Waals surface area contributed by atoms with E-state index < -0.39 is 0 Å². The summed E-state index contributed by atoms with van der Waals surface area (Å²) in [6, 6.07) is 8.66. The third kappa shape index (κ3) is 4.42. The lowest BCUT2D eigenvalue weighted by Gasteiger charge is -2.36. The predicted molar refractivity (Wildman–Crippen MR) is 90.2 cm³/mol. The van der Waals surface area contributed by atoms with Crippen LogP contribution in [0.4, 0.5) is 10.2 Å². The Morgan fingerprint density at radius 2 is 2.00 bits per heavy atom. The summed E-state index contributed by atoms with van der Waals surface area (Å²) in [5.41, 5.74) is 0.948. The van der Waals surface area contributed by atoms with Crippen LogP contribution in [0.3, 0.4) is 0 Å². The highest BCUT2D eigenvalue weighted by Gasteiger charge is 2.23. The average Bonchev–Trinajstić information content (AvgIpc) is 2.52. The number of halogens is 1. The Labute approximate surface area is 140 Å². The fourth-order valence-corrected chi connectivity index (χ4v) is 3.54.